The SMILES string of the molecule is CCCn1ncc2ccc([C@H]3CCCN(C(=O)Cc4c[nH]c5ccccc45)C3)nc21. The monoisotopic (exact) mass is 401 g/mol. The van der Waals surface area contributed by atoms with E-state index in [9.17, 15) is 4.79 Å². The number of pyridine rings is 1. The van der Waals surface area contributed by atoms with E-state index >= 15 is 0 Å². The lowest BCUT2D eigenvalue weighted by Crippen LogP contribution is -2.40. The maximum absolute atomic E-state index is 13.1. The molecule has 4 aromatic rings. The summed E-state index contributed by atoms with van der Waals surface area (Å²) in [4.78, 5) is 23.3. The first-order valence-corrected chi connectivity index (χ1v) is 10.9. The van der Waals surface area contributed by atoms with Gasteiger partial charge in [0.25, 0.3) is 0 Å². The van der Waals surface area contributed by atoms with Gasteiger partial charge in [-0.25, -0.2) is 9.67 Å². The standard InChI is InChI=1S/C24H27N5O/c1-2-11-29-24-17(15-26-29)9-10-21(27-24)18-6-5-12-28(16-18)23(30)13-19-14-25-22-8-4-3-7-20(19)22/h3-4,7-10,14-15,18,25H,2,5-6,11-13,16H2,1H3/t18-/m0/s1. The van der Waals surface area contributed by atoms with Gasteiger partial charge in [0.15, 0.2) is 5.65 Å². The molecule has 0 unspecified atom stereocenters. The van der Waals surface area contributed by atoms with Crippen LogP contribution in [0.5, 0.6) is 0 Å². The molecule has 0 aliphatic carbocycles. The van der Waals surface area contributed by atoms with E-state index in [0.717, 1.165) is 72.1 Å². The van der Waals surface area contributed by atoms with Crippen LogP contribution in [0.2, 0.25) is 0 Å². The molecule has 1 saturated heterocycles. The number of likely N-dealkylation sites (tertiary alicyclic amines) is 1. The number of piperidine rings is 1. The first kappa shape index (κ1) is 18.9. The highest BCUT2D eigenvalue weighted by Gasteiger charge is 2.26. The summed E-state index contributed by atoms with van der Waals surface area (Å²) in [5.41, 5.74) is 4.18. The summed E-state index contributed by atoms with van der Waals surface area (Å²) in [6, 6.07) is 12.4. The third kappa shape index (κ3) is 3.47. The van der Waals surface area contributed by atoms with Crippen LogP contribution < -0.4 is 0 Å². The van der Waals surface area contributed by atoms with E-state index < -0.39 is 0 Å². The molecule has 0 radical (unpaired) electrons. The van der Waals surface area contributed by atoms with Crippen molar-refractivity contribution in [1.82, 2.24) is 24.6 Å². The number of hydrogen-bond donors (Lipinski definition) is 1. The number of hydrogen-bond acceptors (Lipinski definition) is 3. The van der Waals surface area contributed by atoms with Crippen LogP contribution in [0.3, 0.4) is 0 Å². The van der Waals surface area contributed by atoms with Crippen molar-refractivity contribution in [1.29, 1.82) is 0 Å². The number of carbonyl (C=O) groups is 1. The number of para-hydroxylation sites is 1. The quantitative estimate of drug-likeness (QED) is 0.543. The van der Waals surface area contributed by atoms with Gasteiger partial charge >= 0.3 is 0 Å². The highest BCUT2D eigenvalue weighted by Crippen LogP contribution is 2.28. The molecule has 0 spiro atoms. The third-order valence-electron chi connectivity index (χ3n) is 6.15. The Kier molecular flexibility index (Phi) is 4.99. The fourth-order valence-corrected chi connectivity index (χ4v) is 4.57. The van der Waals surface area contributed by atoms with Crippen LogP contribution in [0.25, 0.3) is 21.9 Å². The summed E-state index contributed by atoms with van der Waals surface area (Å²) >= 11 is 0. The van der Waals surface area contributed by atoms with E-state index in [2.05, 4.69) is 35.2 Å². The second kappa shape index (κ2) is 7.94. The van der Waals surface area contributed by atoms with Crippen molar-refractivity contribution >= 4 is 27.8 Å². The lowest BCUT2D eigenvalue weighted by atomic mass is 9.93. The van der Waals surface area contributed by atoms with Gasteiger partial charge in [-0.3, -0.25) is 4.79 Å². The number of aryl methyl sites for hydroxylation is 1. The second-order valence-corrected chi connectivity index (χ2v) is 8.23. The third-order valence-corrected chi connectivity index (χ3v) is 6.15. The molecular formula is C24H27N5O. The number of amides is 1. The summed E-state index contributed by atoms with van der Waals surface area (Å²) in [5, 5.41) is 6.68. The Hall–Kier alpha value is -3.15. The number of fused-ring (bicyclic) bond motifs is 2. The highest BCUT2D eigenvalue weighted by atomic mass is 16.2. The number of nitrogens with one attached hydrogen (secondary N) is 1. The Bertz CT molecular complexity index is 1190. The molecule has 1 aliphatic rings. The zero-order valence-corrected chi connectivity index (χ0v) is 17.3. The molecule has 3 aromatic heterocycles. The number of nitrogens with zero attached hydrogens (tertiary/aromatic N) is 4. The predicted octanol–water partition coefficient (Wildman–Crippen LogP) is 4.27. The lowest BCUT2D eigenvalue weighted by molar-refractivity contribution is -0.131. The maximum atomic E-state index is 13.1. The van der Waals surface area contributed by atoms with Crippen molar-refractivity contribution in [2.24, 2.45) is 0 Å². The van der Waals surface area contributed by atoms with Crippen molar-refractivity contribution in [2.75, 3.05) is 13.1 Å². The number of aromatic amines is 1. The number of benzene rings is 1. The molecule has 0 saturated carbocycles. The molecule has 5 rings (SSSR count). The van der Waals surface area contributed by atoms with Crippen LogP contribution >= 0.6 is 0 Å². The second-order valence-electron chi connectivity index (χ2n) is 8.23. The summed E-state index contributed by atoms with van der Waals surface area (Å²) in [6.07, 6.45) is 7.40. The zero-order valence-electron chi connectivity index (χ0n) is 17.3. The molecule has 1 amide bonds. The van der Waals surface area contributed by atoms with Gasteiger partial charge in [-0.1, -0.05) is 25.1 Å². The molecule has 1 fully saturated rings. The fraction of sp³-hybridized carbons (Fsp3) is 0.375. The number of carbonyl (C=O) groups excluding carboxylic acids is 1. The molecule has 154 valence electrons. The molecule has 4 heterocycles. The van der Waals surface area contributed by atoms with Gasteiger partial charge in [0, 0.05) is 53.7 Å². The highest BCUT2D eigenvalue weighted by molar-refractivity contribution is 5.89. The van der Waals surface area contributed by atoms with Crippen molar-refractivity contribution in [3.05, 3.63) is 60.0 Å². The van der Waals surface area contributed by atoms with E-state index in [4.69, 9.17) is 4.98 Å². The van der Waals surface area contributed by atoms with Gasteiger partial charge in [0.2, 0.25) is 5.91 Å². The smallest absolute Gasteiger partial charge is 0.227 e. The minimum absolute atomic E-state index is 0.196. The Morgan fingerprint density at radius 3 is 3.03 bits per heavy atom. The van der Waals surface area contributed by atoms with Crippen molar-refractivity contribution in [3.63, 3.8) is 0 Å². The van der Waals surface area contributed by atoms with Crippen molar-refractivity contribution in [2.45, 2.75) is 45.1 Å². The summed E-state index contributed by atoms with van der Waals surface area (Å²) in [6.45, 7) is 4.59. The molecule has 1 aromatic carbocycles. The summed E-state index contributed by atoms with van der Waals surface area (Å²) in [7, 11) is 0. The van der Waals surface area contributed by atoms with Crippen LogP contribution in [-0.2, 0) is 17.8 Å². The lowest BCUT2D eigenvalue weighted by Gasteiger charge is -2.32. The van der Waals surface area contributed by atoms with E-state index in [1.54, 1.807) is 0 Å². The molecule has 6 heteroatoms. The Morgan fingerprint density at radius 2 is 2.13 bits per heavy atom. The largest absolute Gasteiger partial charge is 0.361 e. The van der Waals surface area contributed by atoms with E-state index in [1.807, 2.05) is 40.2 Å². The van der Waals surface area contributed by atoms with Crippen LogP contribution in [0.15, 0.2) is 48.8 Å². The van der Waals surface area contributed by atoms with Crippen molar-refractivity contribution < 1.29 is 4.79 Å². The summed E-state index contributed by atoms with van der Waals surface area (Å²) < 4.78 is 1.99. The van der Waals surface area contributed by atoms with Gasteiger partial charge in [0.1, 0.15) is 0 Å². The molecule has 6 nitrogen and oxygen atoms in total. The molecule has 0 bridgehead atoms. The normalized spacial score (nSPS) is 17.1. The molecule has 1 N–H and O–H groups in total. The average molecular weight is 402 g/mol. The van der Waals surface area contributed by atoms with Crippen LogP contribution in [0, 0.1) is 0 Å². The predicted molar refractivity (Wildman–Crippen MR) is 118 cm³/mol. The molecular weight excluding hydrogens is 374 g/mol. The first-order valence-electron chi connectivity index (χ1n) is 10.9. The van der Waals surface area contributed by atoms with Gasteiger partial charge in [-0.15, -0.1) is 0 Å². The van der Waals surface area contributed by atoms with Crippen LogP contribution in [0.1, 0.15) is 43.4 Å². The maximum Gasteiger partial charge on any atom is 0.227 e. The zero-order chi connectivity index (χ0) is 20.5. The Labute approximate surface area is 175 Å². The van der Waals surface area contributed by atoms with Gasteiger partial charge in [0.05, 0.1) is 12.6 Å². The summed E-state index contributed by atoms with van der Waals surface area (Å²) in [5.74, 6) is 0.474. The Morgan fingerprint density at radius 1 is 1.23 bits per heavy atom. The van der Waals surface area contributed by atoms with Gasteiger partial charge in [-0.05, 0) is 43.0 Å². The minimum atomic E-state index is 0.196. The van der Waals surface area contributed by atoms with E-state index in [-0.39, 0.29) is 11.8 Å². The van der Waals surface area contributed by atoms with Crippen LogP contribution in [-0.4, -0.2) is 43.6 Å². The van der Waals surface area contributed by atoms with Crippen LogP contribution in [0.4, 0.5) is 0 Å². The first-order chi connectivity index (χ1) is 14.7. The molecule has 1 aliphatic heterocycles. The molecule has 1 atom stereocenters. The fourth-order valence-electron chi connectivity index (χ4n) is 4.57. The minimum Gasteiger partial charge on any atom is -0.361 e. The topological polar surface area (TPSA) is 66.8 Å². The molecule has 30 heavy (non-hydrogen) atoms. The Balaban J connectivity index is 1.33. The van der Waals surface area contributed by atoms with E-state index in [1.165, 1.54) is 0 Å². The number of rotatable bonds is 5. The number of aromatic nitrogens is 4. The average Bonchev–Trinajstić information content (AvgIpc) is 3.38. The van der Waals surface area contributed by atoms with Gasteiger partial charge in [-0.2, -0.15) is 5.10 Å². The number of H-pyrrole nitrogens is 1. The van der Waals surface area contributed by atoms with Gasteiger partial charge < -0.3 is 9.88 Å². The van der Waals surface area contributed by atoms with E-state index in [0.29, 0.717) is 6.42 Å². The van der Waals surface area contributed by atoms with Crippen molar-refractivity contribution in [3.8, 4) is 0 Å².